The number of nitrogens with zero attached hydrogens (tertiary/aromatic N) is 1. The first-order chi connectivity index (χ1) is 8.90. The number of pyridine rings is 1. The van der Waals surface area contributed by atoms with Crippen molar-refractivity contribution in [3.05, 3.63) is 33.7 Å². The van der Waals surface area contributed by atoms with Gasteiger partial charge in [0.25, 0.3) is 0 Å². The zero-order chi connectivity index (χ0) is 14.4. The molecule has 0 atom stereocenters. The van der Waals surface area contributed by atoms with Crippen molar-refractivity contribution in [1.29, 1.82) is 0 Å². The van der Waals surface area contributed by atoms with Crippen LogP contribution in [0.15, 0.2) is 16.9 Å². The fourth-order valence-electron chi connectivity index (χ4n) is 1.80. The van der Waals surface area contributed by atoms with E-state index in [0.717, 1.165) is 11.4 Å². The lowest BCUT2D eigenvalue weighted by Crippen LogP contribution is -2.30. The third kappa shape index (κ3) is 4.95. The number of carbonyl (C=O) groups is 2. The fraction of sp³-hybridized carbons (Fsp3) is 0.462. The molecule has 0 fully saturated rings. The second-order valence-corrected chi connectivity index (χ2v) is 4.41. The Hall–Kier alpha value is -2.11. The molecule has 0 aromatic carbocycles. The number of hydrogen-bond acceptors (Lipinski definition) is 3. The van der Waals surface area contributed by atoms with Crippen molar-refractivity contribution in [1.82, 2.24) is 9.88 Å². The Morgan fingerprint density at radius 3 is 2.37 bits per heavy atom. The molecule has 0 saturated heterocycles. The van der Waals surface area contributed by atoms with Gasteiger partial charge < -0.3 is 15.0 Å². The maximum Gasteiger partial charge on any atom is 0.303 e. The predicted molar refractivity (Wildman–Crippen MR) is 70.1 cm³/mol. The van der Waals surface area contributed by atoms with Crippen LogP contribution in [0.2, 0.25) is 0 Å². The number of carboxylic acids is 1. The second kappa shape index (κ2) is 6.72. The molecule has 19 heavy (non-hydrogen) atoms. The molecule has 1 aromatic heterocycles. The van der Waals surface area contributed by atoms with Gasteiger partial charge in [0, 0.05) is 36.5 Å². The van der Waals surface area contributed by atoms with E-state index in [2.05, 4.69) is 5.32 Å². The van der Waals surface area contributed by atoms with E-state index in [4.69, 9.17) is 5.11 Å². The monoisotopic (exact) mass is 266 g/mol. The van der Waals surface area contributed by atoms with Gasteiger partial charge in [-0.2, -0.15) is 0 Å². The fourth-order valence-corrected chi connectivity index (χ4v) is 1.80. The zero-order valence-electron chi connectivity index (χ0n) is 11.1. The molecule has 0 radical (unpaired) electrons. The summed E-state index contributed by atoms with van der Waals surface area (Å²) in [4.78, 5) is 33.3. The number of hydrogen-bond donors (Lipinski definition) is 2. The van der Waals surface area contributed by atoms with Crippen LogP contribution < -0.4 is 10.7 Å². The first kappa shape index (κ1) is 14.9. The molecule has 0 saturated carbocycles. The summed E-state index contributed by atoms with van der Waals surface area (Å²) in [7, 11) is 0. The van der Waals surface area contributed by atoms with Crippen molar-refractivity contribution in [2.24, 2.45) is 0 Å². The van der Waals surface area contributed by atoms with E-state index < -0.39 is 5.97 Å². The summed E-state index contributed by atoms with van der Waals surface area (Å²) in [5.74, 6) is -1.07. The maximum atomic E-state index is 11.7. The van der Waals surface area contributed by atoms with Gasteiger partial charge >= 0.3 is 5.97 Å². The number of aryl methyl sites for hydroxylation is 2. The molecule has 2 N–H and O–H groups in total. The first-order valence-corrected chi connectivity index (χ1v) is 6.06. The third-order valence-corrected chi connectivity index (χ3v) is 2.75. The van der Waals surface area contributed by atoms with E-state index in [1.54, 1.807) is 18.4 Å². The van der Waals surface area contributed by atoms with Gasteiger partial charge in [-0.25, -0.2) is 0 Å². The van der Waals surface area contributed by atoms with Gasteiger partial charge in [-0.15, -0.1) is 0 Å². The topological polar surface area (TPSA) is 88.4 Å². The van der Waals surface area contributed by atoms with Crippen LogP contribution in [0.5, 0.6) is 0 Å². The number of amides is 1. The van der Waals surface area contributed by atoms with E-state index >= 15 is 0 Å². The standard InChI is InChI=1S/C13H18N2O4/c1-9-6-11(16)7-10(2)15(9)8-12(17)14-5-3-4-13(18)19/h6-7H,3-5,8H2,1-2H3,(H,14,17)(H,18,19). The molecule has 6 heteroatoms. The number of aliphatic carboxylic acids is 1. The van der Waals surface area contributed by atoms with E-state index in [1.165, 1.54) is 12.1 Å². The summed E-state index contributed by atoms with van der Waals surface area (Å²) in [6.45, 7) is 4.01. The van der Waals surface area contributed by atoms with Gasteiger partial charge in [0.05, 0.1) is 0 Å². The molecule has 6 nitrogen and oxygen atoms in total. The summed E-state index contributed by atoms with van der Waals surface area (Å²) in [6.07, 6.45) is 0.444. The number of carboxylic acid groups (broad SMARTS) is 1. The van der Waals surface area contributed by atoms with Gasteiger partial charge in [0.1, 0.15) is 6.54 Å². The molecular weight excluding hydrogens is 248 g/mol. The van der Waals surface area contributed by atoms with Crippen LogP contribution in [0.1, 0.15) is 24.2 Å². The minimum Gasteiger partial charge on any atom is -0.481 e. The third-order valence-electron chi connectivity index (χ3n) is 2.75. The number of rotatable bonds is 6. The van der Waals surface area contributed by atoms with Crippen LogP contribution in [-0.2, 0) is 16.1 Å². The highest BCUT2D eigenvalue weighted by molar-refractivity contribution is 5.76. The van der Waals surface area contributed by atoms with Crippen LogP contribution in [0.25, 0.3) is 0 Å². The van der Waals surface area contributed by atoms with Crippen LogP contribution in [0.3, 0.4) is 0 Å². The highest BCUT2D eigenvalue weighted by atomic mass is 16.4. The summed E-state index contributed by atoms with van der Waals surface area (Å²) in [5, 5.41) is 11.1. The first-order valence-electron chi connectivity index (χ1n) is 6.06. The number of carbonyl (C=O) groups excluding carboxylic acids is 1. The normalized spacial score (nSPS) is 10.2. The van der Waals surface area contributed by atoms with Crippen LogP contribution in [0, 0.1) is 13.8 Å². The molecule has 104 valence electrons. The minimum atomic E-state index is -0.874. The molecule has 0 aliphatic carbocycles. The molecule has 0 spiro atoms. The lowest BCUT2D eigenvalue weighted by molar-refractivity contribution is -0.137. The van der Waals surface area contributed by atoms with Crippen LogP contribution >= 0.6 is 0 Å². The molecule has 1 heterocycles. The van der Waals surface area contributed by atoms with E-state index in [0.29, 0.717) is 13.0 Å². The minimum absolute atomic E-state index is 0.0381. The Kier molecular flexibility index (Phi) is 5.29. The number of nitrogens with one attached hydrogen (secondary N) is 1. The van der Waals surface area contributed by atoms with Crippen molar-refractivity contribution >= 4 is 11.9 Å². The summed E-state index contributed by atoms with van der Waals surface area (Å²) >= 11 is 0. The maximum absolute atomic E-state index is 11.7. The summed E-state index contributed by atoms with van der Waals surface area (Å²) in [6, 6.07) is 2.95. The highest BCUT2D eigenvalue weighted by Crippen LogP contribution is 2.01. The Labute approximate surface area is 111 Å². The van der Waals surface area contributed by atoms with E-state index in [-0.39, 0.29) is 24.3 Å². The van der Waals surface area contributed by atoms with Crippen LogP contribution in [0.4, 0.5) is 0 Å². The molecule has 1 aromatic rings. The second-order valence-electron chi connectivity index (χ2n) is 4.41. The van der Waals surface area contributed by atoms with Gasteiger partial charge in [-0.1, -0.05) is 0 Å². The quantitative estimate of drug-likeness (QED) is 0.731. The Bertz CT molecular complexity index is 508. The lowest BCUT2D eigenvalue weighted by Gasteiger charge is -2.13. The average Bonchev–Trinajstić information content (AvgIpc) is 2.29. The van der Waals surface area contributed by atoms with Crippen molar-refractivity contribution in [3.63, 3.8) is 0 Å². The zero-order valence-corrected chi connectivity index (χ0v) is 11.1. The van der Waals surface area contributed by atoms with Gasteiger partial charge in [0.2, 0.25) is 5.91 Å². The SMILES string of the molecule is Cc1cc(=O)cc(C)n1CC(=O)NCCCC(=O)O. The largest absolute Gasteiger partial charge is 0.481 e. The molecule has 0 bridgehead atoms. The lowest BCUT2D eigenvalue weighted by atomic mass is 10.3. The van der Waals surface area contributed by atoms with Crippen molar-refractivity contribution in [2.75, 3.05) is 6.54 Å². The molecule has 1 rings (SSSR count). The van der Waals surface area contributed by atoms with Gasteiger partial charge in [-0.05, 0) is 20.3 Å². The molecule has 0 aliphatic heterocycles. The van der Waals surface area contributed by atoms with Crippen molar-refractivity contribution in [3.8, 4) is 0 Å². The predicted octanol–water partition coefficient (Wildman–Crippen LogP) is 0.446. The van der Waals surface area contributed by atoms with E-state index in [1.807, 2.05) is 0 Å². The number of aromatic nitrogens is 1. The van der Waals surface area contributed by atoms with Gasteiger partial charge in [-0.3, -0.25) is 14.4 Å². The Balaban J connectivity index is 2.53. The Morgan fingerprint density at radius 1 is 1.26 bits per heavy atom. The Morgan fingerprint density at radius 2 is 1.84 bits per heavy atom. The van der Waals surface area contributed by atoms with Crippen molar-refractivity contribution < 1.29 is 14.7 Å². The summed E-state index contributed by atoms with van der Waals surface area (Å²) < 4.78 is 1.74. The smallest absolute Gasteiger partial charge is 0.303 e. The summed E-state index contributed by atoms with van der Waals surface area (Å²) in [5.41, 5.74) is 1.38. The van der Waals surface area contributed by atoms with Gasteiger partial charge in [0.15, 0.2) is 5.43 Å². The molecule has 0 aliphatic rings. The average molecular weight is 266 g/mol. The van der Waals surface area contributed by atoms with Crippen molar-refractivity contribution in [2.45, 2.75) is 33.2 Å². The van der Waals surface area contributed by atoms with Crippen LogP contribution in [-0.4, -0.2) is 28.1 Å². The molecule has 0 unspecified atom stereocenters. The molecular formula is C13H18N2O4. The van der Waals surface area contributed by atoms with E-state index in [9.17, 15) is 14.4 Å². The molecule has 1 amide bonds. The highest BCUT2D eigenvalue weighted by Gasteiger charge is 2.07.